The maximum atomic E-state index is 12.1. The Bertz CT molecular complexity index is 269. The highest BCUT2D eigenvalue weighted by atomic mass is 32.2. The SMILES string of the molecule is CSC1CCC(NC(=O)N2CCC(C)CC2)CC1. The molecule has 0 aromatic carbocycles. The van der Waals surface area contributed by atoms with E-state index in [1.165, 1.54) is 12.8 Å². The Morgan fingerprint density at radius 3 is 2.28 bits per heavy atom. The number of carbonyl (C=O) groups is 1. The molecule has 2 rings (SSSR count). The summed E-state index contributed by atoms with van der Waals surface area (Å²) < 4.78 is 0. The van der Waals surface area contributed by atoms with Crippen LogP contribution in [0.1, 0.15) is 45.4 Å². The molecule has 104 valence electrons. The number of thioether (sulfide) groups is 1. The molecule has 2 amide bonds. The first-order valence-corrected chi connectivity index (χ1v) is 8.56. The third-order valence-electron chi connectivity index (χ3n) is 4.41. The molecule has 2 fully saturated rings. The standard InChI is InChI=1S/C14H26N2OS/c1-11-7-9-16(10-8-11)14(17)15-12-3-5-13(18-2)6-4-12/h11-13H,3-10H2,1-2H3,(H,15,17). The van der Waals surface area contributed by atoms with Crippen molar-refractivity contribution in [2.75, 3.05) is 19.3 Å². The van der Waals surface area contributed by atoms with E-state index in [1.807, 2.05) is 16.7 Å². The van der Waals surface area contributed by atoms with Crippen LogP contribution in [0.4, 0.5) is 4.79 Å². The van der Waals surface area contributed by atoms with Crippen LogP contribution in [0.2, 0.25) is 0 Å². The number of hydrogen-bond donors (Lipinski definition) is 1. The van der Waals surface area contributed by atoms with Crippen LogP contribution in [0, 0.1) is 5.92 Å². The molecule has 0 radical (unpaired) electrons. The van der Waals surface area contributed by atoms with Gasteiger partial charge in [-0.15, -0.1) is 0 Å². The minimum atomic E-state index is 0.175. The van der Waals surface area contributed by atoms with Crippen LogP contribution in [0.5, 0.6) is 0 Å². The van der Waals surface area contributed by atoms with Gasteiger partial charge in [-0.2, -0.15) is 11.8 Å². The summed E-state index contributed by atoms with van der Waals surface area (Å²) in [4.78, 5) is 14.1. The number of urea groups is 1. The number of carbonyl (C=O) groups excluding carboxylic acids is 1. The first kappa shape index (κ1) is 14.0. The lowest BCUT2D eigenvalue weighted by atomic mass is 9.95. The van der Waals surface area contributed by atoms with E-state index in [-0.39, 0.29) is 6.03 Å². The Morgan fingerprint density at radius 1 is 1.11 bits per heavy atom. The smallest absolute Gasteiger partial charge is 0.317 e. The van der Waals surface area contributed by atoms with Crippen molar-refractivity contribution in [1.82, 2.24) is 10.2 Å². The Balaban J connectivity index is 1.71. The number of amides is 2. The number of nitrogens with zero attached hydrogens (tertiary/aromatic N) is 1. The van der Waals surface area contributed by atoms with E-state index in [1.54, 1.807) is 0 Å². The number of rotatable bonds is 2. The Morgan fingerprint density at radius 2 is 1.72 bits per heavy atom. The number of likely N-dealkylation sites (tertiary alicyclic amines) is 1. The molecule has 2 aliphatic rings. The molecule has 1 aliphatic heterocycles. The Kier molecular flexibility index (Phi) is 5.22. The maximum absolute atomic E-state index is 12.1. The van der Waals surface area contributed by atoms with Crippen molar-refractivity contribution in [3.8, 4) is 0 Å². The van der Waals surface area contributed by atoms with E-state index in [4.69, 9.17) is 0 Å². The van der Waals surface area contributed by atoms with Crippen molar-refractivity contribution in [1.29, 1.82) is 0 Å². The van der Waals surface area contributed by atoms with Gasteiger partial charge in [0.05, 0.1) is 0 Å². The molecule has 1 saturated heterocycles. The molecule has 0 atom stereocenters. The van der Waals surface area contributed by atoms with Crippen LogP contribution < -0.4 is 5.32 Å². The van der Waals surface area contributed by atoms with E-state index in [2.05, 4.69) is 18.5 Å². The molecule has 1 heterocycles. The van der Waals surface area contributed by atoms with Gasteiger partial charge < -0.3 is 10.2 Å². The molecule has 4 heteroatoms. The fourth-order valence-electron chi connectivity index (χ4n) is 2.92. The lowest BCUT2D eigenvalue weighted by Gasteiger charge is -2.33. The maximum Gasteiger partial charge on any atom is 0.317 e. The summed E-state index contributed by atoms with van der Waals surface area (Å²) in [6.45, 7) is 4.15. The highest BCUT2D eigenvalue weighted by Crippen LogP contribution is 2.27. The van der Waals surface area contributed by atoms with Crippen LogP contribution in [0.15, 0.2) is 0 Å². The number of piperidine rings is 1. The molecular formula is C14H26N2OS. The second-order valence-electron chi connectivity index (χ2n) is 5.83. The van der Waals surface area contributed by atoms with Gasteiger partial charge in [0.1, 0.15) is 0 Å². The number of nitrogens with one attached hydrogen (secondary N) is 1. The third-order valence-corrected chi connectivity index (χ3v) is 5.54. The average Bonchev–Trinajstić information content (AvgIpc) is 2.40. The molecule has 3 nitrogen and oxygen atoms in total. The topological polar surface area (TPSA) is 32.3 Å². The van der Waals surface area contributed by atoms with Crippen LogP contribution in [0.3, 0.4) is 0 Å². The highest BCUT2D eigenvalue weighted by Gasteiger charge is 2.25. The lowest BCUT2D eigenvalue weighted by molar-refractivity contribution is 0.168. The molecule has 1 N–H and O–H groups in total. The third kappa shape index (κ3) is 3.81. The molecule has 0 aromatic rings. The van der Waals surface area contributed by atoms with Gasteiger partial charge in [0.15, 0.2) is 0 Å². The fraction of sp³-hybridized carbons (Fsp3) is 0.929. The van der Waals surface area contributed by atoms with Gasteiger partial charge in [-0.1, -0.05) is 6.92 Å². The highest BCUT2D eigenvalue weighted by molar-refractivity contribution is 7.99. The van der Waals surface area contributed by atoms with Crippen molar-refractivity contribution >= 4 is 17.8 Å². The summed E-state index contributed by atoms with van der Waals surface area (Å²) in [5.41, 5.74) is 0. The summed E-state index contributed by atoms with van der Waals surface area (Å²) in [6.07, 6.45) is 9.33. The zero-order valence-electron chi connectivity index (χ0n) is 11.7. The van der Waals surface area contributed by atoms with Crippen LogP contribution in [0.25, 0.3) is 0 Å². The largest absolute Gasteiger partial charge is 0.335 e. The van der Waals surface area contributed by atoms with Crippen LogP contribution >= 0.6 is 11.8 Å². The summed E-state index contributed by atoms with van der Waals surface area (Å²) in [6, 6.07) is 0.592. The van der Waals surface area contributed by atoms with Crippen molar-refractivity contribution in [2.24, 2.45) is 5.92 Å². The fourth-order valence-corrected chi connectivity index (χ4v) is 3.66. The molecule has 0 spiro atoms. The second kappa shape index (κ2) is 6.69. The van der Waals surface area contributed by atoms with Crippen molar-refractivity contribution < 1.29 is 4.79 Å². The number of hydrogen-bond acceptors (Lipinski definition) is 2. The zero-order chi connectivity index (χ0) is 13.0. The first-order valence-electron chi connectivity index (χ1n) is 7.27. The predicted octanol–water partition coefficient (Wildman–Crippen LogP) is 3.10. The van der Waals surface area contributed by atoms with E-state index < -0.39 is 0 Å². The van der Waals surface area contributed by atoms with E-state index in [9.17, 15) is 4.79 Å². The molecule has 0 unspecified atom stereocenters. The summed E-state index contributed by atoms with van der Waals surface area (Å²) in [5.74, 6) is 0.783. The van der Waals surface area contributed by atoms with Gasteiger partial charge in [-0.05, 0) is 50.7 Å². The van der Waals surface area contributed by atoms with Crippen LogP contribution in [-0.2, 0) is 0 Å². The van der Waals surface area contributed by atoms with E-state index in [0.717, 1.165) is 49.9 Å². The quantitative estimate of drug-likeness (QED) is 0.836. The lowest BCUT2D eigenvalue weighted by Crippen LogP contribution is -2.48. The minimum absolute atomic E-state index is 0.175. The van der Waals surface area contributed by atoms with E-state index in [0.29, 0.717) is 6.04 Å². The van der Waals surface area contributed by atoms with Gasteiger partial charge in [0.25, 0.3) is 0 Å². The van der Waals surface area contributed by atoms with Crippen LogP contribution in [-0.4, -0.2) is 41.6 Å². The zero-order valence-corrected chi connectivity index (χ0v) is 12.5. The average molecular weight is 270 g/mol. The molecule has 1 aliphatic carbocycles. The van der Waals surface area contributed by atoms with E-state index >= 15 is 0 Å². The monoisotopic (exact) mass is 270 g/mol. The summed E-state index contributed by atoms with van der Waals surface area (Å²) in [7, 11) is 0. The Hall–Kier alpha value is -0.380. The first-order chi connectivity index (χ1) is 8.69. The molecule has 0 bridgehead atoms. The van der Waals surface area contributed by atoms with Crippen molar-refractivity contribution in [3.05, 3.63) is 0 Å². The summed E-state index contributed by atoms with van der Waals surface area (Å²) in [5, 5.41) is 4.04. The molecule has 1 saturated carbocycles. The van der Waals surface area contributed by atoms with Gasteiger partial charge in [-0.3, -0.25) is 0 Å². The molecule has 0 aromatic heterocycles. The van der Waals surface area contributed by atoms with Gasteiger partial charge in [0.2, 0.25) is 0 Å². The van der Waals surface area contributed by atoms with Gasteiger partial charge >= 0.3 is 6.03 Å². The van der Waals surface area contributed by atoms with Crippen molar-refractivity contribution in [3.63, 3.8) is 0 Å². The Labute approximate surface area is 115 Å². The molecule has 18 heavy (non-hydrogen) atoms. The molecular weight excluding hydrogens is 244 g/mol. The second-order valence-corrected chi connectivity index (χ2v) is 6.97. The minimum Gasteiger partial charge on any atom is -0.335 e. The van der Waals surface area contributed by atoms with Gasteiger partial charge in [0, 0.05) is 24.4 Å². The van der Waals surface area contributed by atoms with Crippen molar-refractivity contribution in [2.45, 2.75) is 56.7 Å². The summed E-state index contributed by atoms with van der Waals surface area (Å²) >= 11 is 1.97. The predicted molar refractivity (Wildman–Crippen MR) is 78.1 cm³/mol. The van der Waals surface area contributed by atoms with Gasteiger partial charge in [-0.25, -0.2) is 4.79 Å². The normalized spacial score (nSPS) is 30.2.